The molecule has 1 amide bonds. The number of carbonyl (C=O) groups is 2. The van der Waals surface area contributed by atoms with Gasteiger partial charge in [0.25, 0.3) is 5.91 Å². The predicted octanol–water partition coefficient (Wildman–Crippen LogP) is 5.25. The molecule has 1 fully saturated rings. The highest BCUT2D eigenvalue weighted by Gasteiger charge is 2.25. The van der Waals surface area contributed by atoms with Crippen molar-refractivity contribution in [1.82, 2.24) is 5.32 Å². The standard InChI is InChI=1S/C22H20BrClN2O5S/c1-4-30-20(27)11-31-18-10-14(23)13(8-17(18)29-3)9-19-21(28)26-22(32-19)25-16-7-5-6-15(24)12(16)2/h5-10H,4,11H2,1-3H3,(H,25,26,28)/b19-9+. The van der Waals surface area contributed by atoms with Gasteiger partial charge in [-0.1, -0.05) is 33.6 Å². The Bertz CT molecular complexity index is 1120. The highest BCUT2D eigenvalue weighted by Crippen LogP contribution is 2.37. The molecule has 168 valence electrons. The minimum absolute atomic E-state index is 0.238. The van der Waals surface area contributed by atoms with E-state index in [4.69, 9.17) is 25.8 Å². The first-order chi connectivity index (χ1) is 15.3. The van der Waals surface area contributed by atoms with Crippen LogP contribution in [0, 0.1) is 6.92 Å². The molecule has 0 aliphatic carbocycles. The average molecular weight is 540 g/mol. The van der Waals surface area contributed by atoms with Gasteiger partial charge in [-0.15, -0.1) is 0 Å². The van der Waals surface area contributed by atoms with Crippen molar-refractivity contribution < 1.29 is 23.8 Å². The van der Waals surface area contributed by atoms with E-state index in [1.807, 2.05) is 19.1 Å². The fourth-order valence-electron chi connectivity index (χ4n) is 2.72. The van der Waals surface area contributed by atoms with E-state index >= 15 is 0 Å². The van der Waals surface area contributed by atoms with Crippen molar-refractivity contribution in [3.05, 3.63) is 55.9 Å². The van der Waals surface area contributed by atoms with Crippen molar-refractivity contribution in [2.45, 2.75) is 13.8 Å². The number of aliphatic imine (C=N–C) groups is 1. The number of nitrogens with zero attached hydrogens (tertiary/aromatic N) is 1. The second kappa shape index (κ2) is 10.9. The van der Waals surface area contributed by atoms with Crippen LogP contribution in [0.5, 0.6) is 11.5 Å². The van der Waals surface area contributed by atoms with Crippen LogP contribution >= 0.6 is 39.3 Å². The van der Waals surface area contributed by atoms with Crippen LogP contribution < -0.4 is 14.8 Å². The zero-order valence-corrected chi connectivity index (χ0v) is 20.7. The number of amides is 1. The Morgan fingerprint density at radius 2 is 2.09 bits per heavy atom. The van der Waals surface area contributed by atoms with Gasteiger partial charge in [-0.2, -0.15) is 0 Å². The Hall–Kier alpha value is -2.49. The van der Waals surface area contributed by atoms with Gasteiger partial charge in [-0.05, 0) is 67.1 Å². The van der Waals surface area contributed by atoms with Crippen LogP contribution in [0.25, 0.3) is 6.08 Å². The molecule has 1 saturated heterocycles. The lowest BCUT2D eigenvalue weighted by Gasteiger charge is -2.12. The molecule has 1 N–H and O–H groups in total. The van der Waals surface area contributed by atoms with Crippen LogP contribution in [-0.4, -0.2) is 37.4 Å². The number of nitrogens with one attached hydrogen (secondary N) is 1. The van der Waals surface area contributed by atoms with Crippen LogP contribution in [0.2, 0.25) is 5.02 Å². The zero-order chi connectivity index (χ0) is 23.3. The molecular weight excluding hydrogens is 520 g/mol. The minimum atomic E-state index is -0.474. The normalized spacial score (nSPS) is 15.7. The number of thioether (sulfide) groups is 1. The topological polar surface area (TPSA) is 86.2 Å². The Morgan fingerprint density at radius 1 is 1.31 bits per heavy atom. The Balaban J connectivity index is 1.83. The van der Waals surface area contributed by atoms with Crippen molar-refractivity contribution in [2.75, 3.05) is 20.3 Å². The summed E-state index contributed by atoms with van der Waals surface area (Å²) in [7, 11) is 1.49. The summed E-state index contributed by atoms with van der Waals surface area (Å²) in [5.41, 5.74) is 2.22. The molecule has 32 heavy (non-hydrogen) atoms. The summed E-state index contributed by atoms with van der Waals surface area (Å²) in [4.78, 5) is 29.0. The molecule has 2 aromatic carbocycles. The molecule has 1 heterocycles. The summed E-state index contributed by atoms with van der Waals surface area (Å²) < 4.78 is 16.4. The Labute approximate surface area is 203 Å². The lowest BCUT2D eigenvalue weighted by Crippen LogP contribution is -2.19. The van der Waals surface area contributed by atoms with Gasteiger partial charge in [-0.3, -0.25) is 4.79 Å². The first-order valence-corrected chi connectivity index (χ1v) is 11.5. The van der Waals surface area contributed by atoms with E-state index in [0.29, 0.717) is 42.3 Å². The molecule has 0 aromatic heterocycles. The summed E-state index contributed by atoms with van der Waals surface area (Å²) in [6.07, 6.45) is 1.72. The molecule has 10 heteroatoms. The van der Waals surface area contributed by atoms with E-state index in [0.717, 1.165) is 5.56 Å². The minimum Gasteiger partial charge on any atom is -0.493 e. The Morgan fingerprint density at radius 3 is 2.81 bits per heavy atom. The van der Waals surface area contributed by atoms with E-state index in [1.165, 1.54) is 18.9 Å². The van der Waals surface area contributed by atoms with Crippen molar-refractivity contribution in [2.24, 2.45) is 4.99 Å². The Kier molecular flexibility index (Phi) is 8.22. The fourth-order valence-corrected chi connectivity index (χ4v) is 4.15. The van der Waals surface area contributed by atoms with Gasteiger partial charge in [0, 0.05) is 9.50 Å². The first-order valence-electron chi connectivity index (χ1n) is 9.53. The van der Waals surface area contributed by atoms with Gasteiger partial charge in [0.05, 0.1) is 24.3 Å². The van der Waals surface area contributed by atoms with E-state index in [1.54, 1.807) is 31.2 Å². The number of ether oxygens (including phenoxy) is 3. The molecule has 0 atom stereocenters. The molecule has 0 unspecified atom stereocenters. The lowest BCUT2D eigenvalue weighted by atomic mass is 10.2. The third kappa shape index (κ3) is 5.85. The molecule has 1 aliphatic heterocycles. The summed E-state index contributed by atoms with van der Waals surface area (Å²) in [6.45, 7) is 3.63. The number of benzene rings is 2. The number of amidine groups is 1. The number of halogens is 2. The van der Waals surface area contributed by atoms with Gasteiger partial charge in [0.15, 0.2) is 23.3 Å². The fraction of sp³-hybridized carbons (Fsp3) is 0.227. The largest absolute Gasteiger partial charge is 0.493 e. The molecule has 7 nitrogen and oxygen atoms in total. The number of hydrogen-bond acceptors (Lipinski definition) is 7. The smallest absolute Gasteiger partial charge is 0.344 e. The van der Waals surface area contributed by atoms with E-state index in [9.17, 15) is 9.59 Å². The van der Waals surface area contributed by atoms with E-state index < -0.39 is 5.97 Å². The maximum Gasteiger partial charge on any atom is 0.344 e. The molecule has 0 saturated carbocycles. The van der Waals surface area contributed by atoms with Crippen molar-refractivity contribution in [1.29, 1.82) is 0 Å². The van der Waals surface area contributed by atoms with E-state index in [2.05, 4.69) is 26.2 Å². The molecule has 0 spiro atoms. The predicted molar refractivity (Wildman–Crippen MR) is 130 cm³/mol. The lowest BCUT2D eigenvalue weighted by molar-refractivity contribution is -0.145. The molecule has 3 rings (SSSR count). The third-order valence-corrected chi connectivity index (χ3v) is 6.34. The van der Waals surface area contributed by atoms with E-state index in [-0.39, 0.29) is 19.1 Å². The highest BCUT2D eigenvalue weighted by molar-refractivity contribution is 9.10. The van der Waals surface area contributed by atoms with Gasteiger partial charge in [0.1, 0.15) is 0 Å². The number of esters is 1. The summed E-state index contributed by atoms with van der Waals surface area (Å²) >= 11 is 10.9. The summed E-state index contributed by atoms with van der Waals surface area (Å²) in [6, 6.07) is 8.81. The van der Waals surface area contributed by atoms with Crippen LogP contribution in [0.15, 0.2) is 44.7 Å². The van der Waals surface area contributed by atoms with Crippen molar-refractivity contribution >= 4 is 68.1 Å². The van der Waals surface area contributed by atoms with Crippen LogP contribution in [0.1, 0.15) is 18.1 Å². The number of methoxy groups -OCH3 is 1. The maximum atomic E-state index is 12.5. The highest BCUT2D eigenvalue weighted by atomic mass is 79.9. The second-order valence-corrected chi connectivity index (χ2v) is 8.78. The molecule has 0 bridgehead atoms. The van der Waals surface area contributed by atoms with Crippen LogP contribution in [0.4, 0.5) is 5.69 Å². The summed E-state index contributed by atoms with van der Waals surface area (Å²) in [5.74, 6) is 0.0487. The number of carbonyl (C=O) groups excluding carboxylic acids is 2. The van der Waals surface area contributed by atoms with Gasteiger partial charge < -0.3 is 19.5 Å². The summed E-state index contributed by atoms with van der Waals surface area (Å²) in [5, 5.41) is 3.84. The quantitative estimate of drug-likeness (QED) is 0.382. The zero-order valence-electron chi connectivity index (χ0n) is 17.5. The van der Waals surface area contributed by atoms with Gasteiger partial charge in [-0.25, -0.2) is 9.79 Å². The average Bonchev–Trinajstić information content (AvgIpc) is 3.10. The molecule has 2 aromatic rings. The van der Waals surface area contributed by atoms with Crippen LogP contribution in [0.3, 0.4) is 0 Å². The van der Waals surface area contributed by atoms with Gasteiger partial charge >= 0.3 is 5.97 Å². The van der Waals surface area contributed by atoms with Crippen molar-refractivity contribution in [3.8, 4) is 11.5 Å². The SMILES string of the molecule is CCOC(=O)COc1cc(Br)c(/C=C2/SC(=Nc3cccc(Cl)c3C)NC2=O)cc1OC. The second-order valence-electron chi connectivity index (χ2n) is 6.48. The number of hydrogen-bond donors (Lipinski definition) is 1. The monoisotopic (exact) mass is 538 g/mol. The van der Waals surface area contributed by atoms with Crippen molar-refractivity contribution in [3.63, 3.8) is 0 Å². The maximum absolute atomic E-state index is 12.5. The molecule has 1 aliphatic rings. The number of rotatable bonds is 7. The van der Waals surface area contributed by atoms with Crippen LogP contribution in [-0.2, 0) is 14.3 Å². The molecular formula is C22H20BrClN2O5S. The van der Waals surface area contributed by atoms with Gasteiger partial charge in [0.2, 0.25) is 0 Å². The third-order valence-electron chi connectivity index (χ3n) is 4.33. The molecule has 0 radical (unpaired) electrons. The first kappa shape index (κ1) is 24.2.